The predicted octanol–water partition coefficient (Wildman–Crippen LogP) is -0.0294. The third-order valence-corrected chi connectivity index (χ3v) is 1.75. The average molecular weight is 170 g/mol. The van der Waals surface area contributed by atoms with Crippen molar-refractivity contribution in [3.05, 3.63) is 11.8 Å². The van der Waals surface area contributed by atoms with E-state index >= 15 is 0 Å². The molecular formula is C8H14N2O2. The zero-order valence-corrected chi connectivity index (χ0v) is 7.55. The van der Waals surface area contributed by atoms with Gasteiger partial charge < -0.3 is 10.1 Å². The van der Waals surface area contributed by atoms with E-state index in [0.717, 1.165) is 5.70 Å². The van der Waals surface area contributed by atoms with Gasteiger partial charge in [-0.2, -0.15) is 0 Å². The zero-order chi connectivity index (χ0) is 9.14. The predicted molar refractivity (Wildman–Crippen MR) is 45.3 cm³/mol. The molecule has 0 aromatic carbocycles. The van der Waals surface area contributed by atoms with Gasteiger partial charge in [-0.15, -0.1) is 0 Å². The summed E-state index contributed by atoms with van der Waals surface area (Å²) in [5.74, 6) is -0.248. The summed E-state index contributed by atoms with van der Waals surface area (Å²) in [4.78, 5) is 11.1. The maximum Gasteiger partial charge on any atom is 0.327 e. The molecule has 2 unspecified atom stereocenters. The highest BCUT2D eigenvalue weighted by atomic mass is 16.5. The average Bonchev–Trinajstić information content (AvgIpc) is 2.01. The third-order valence-electron chi connectivity index (χ3n) is 1.75. The summed E-state index contributed by atoms with van der Waals surface area (Å²) in [5.41, 5.74) is 0.997. The molecule has 0 aromatic rings. The number of nitrogens with one attached hydrogen (secondary N) is 2. The summed E-state index contributed by atoms with van der Waals surface area (Å²) >= 11 is 0. The van der Waals surface area contributed by atoms with E-state index in [9.17, 15) is 4.79 Å². The van der Waals surface area contributed by atoms with E-state index in [2.05, 4.69) is 15.4 Å². The number of rotatable bonds is 1. The lowest BCUT2D eigenvalue weighted by Crippen LogP contribution is -2.51. The monoisotopic (exact) mass is 170 g/mol. The molecule has 0 fully saturated rings. The van der Waals surface area contributed by atoms with Crippen LogP contribution in [-0.2, 0) is 9.53 Å². The quantitative estimate of drug-likeness (QED) is 0.543. The van der Waals surface area contributed by atoms with E-state index < -0.39 is 0 Å². The van der Waals surface area contributed by atoms with Crippen molar-refractivity contribution in [2.45, 2.75) is 26.1 Å². The van der Waals surface area contributed by atoms with Crippen molar-refractivity contribution >= 4 is 5.97 Å². The van der Waals surface area contributed by atoms with Crippen LogP contribution >= 0.6 is 0 Å². The fraction of sp³-hybridized carbons (Fsp3) is 0.625. The van der Waals surface area contributed by atoms with Crippen molar-refractivity contribution in [3.8, 4) is 0 Å². The molecule has 0 aliphatic carbocycles. The second-order valence-corrected chi connectivity index (χ2v) is 2.88. The first-order chi connectivity index (χ1) is 5.63. The Morgan fingerprint density at radius 2 is 2.33 bits per heavy atom. The Balaban J connectivity index is 2.66. The van der Waals surface area contributed by atoms with Crippen molar-refractivity contribution in [1.29, 1.82) is 0 Å². The van der Waals surface area contributed by atoms with Gasteiger partial charge in [0.25, 0.3) is 0 Å². The summed E-state index contributed by atoms with van der Waals surface area (Å²) in [6.45, 7) is 3.87. The number of ether oxygens (including phenoxy) is 1. The number of hydrogen-bond acceptors (Lipinski definition) is 4. The molecular weight excluding hydrogens is 156 g/mol. The minimum Gasteiger partial charge on any atom is -0.468 e. The molecule has 1 heterocycles. The first-order valence-corrected chi connectivity index (χ1v) is 3.92. The Labute approximate surface area is 72.0 Å². The number of carbonyl (C=O) groups excluding carboxylic acids is 1. The molecule has 0 amide bonds. The van der Waals surface area contributed by atoms with Crippen molar-refractivity contribution in [3.63, 3.8) is 0 Å². The lowest BCUT2D eigenvalue weighted by atomic mass is 10.2. The van der Waals surface area contributed by atoms with E-state index in [1.54, 1.807) is 0 Å². The molecule has 68 valence electrons. The molecule has 0 spiro atoms. The normalized spacial score (nSPS) is 28.8. The van der Waals surface area contributed by atoms with Gasteiger partial charge in [-0.05, 0) is 19.9 Å². The second-order valence-electron chi connectivity index (χ2n) is 2.88. The lowest BCUT2D eigenvalue weighted by Gasteiger charge is -2.26. The molecule has 2 atom stereocenters. The second kappa shape index (κ2) is 3.58. The highest BCUT2D eigenvalue weighted by Gasteiger charge is 2.22. The van der Waals surface area contributed by atoms with E-state index in [0.29, 0.717) is 0 Å². The van der Waals surface area contributed by atoms with Gasteiger partial charge in [-0.3, -0.25) is 10.1 Å². The van der Waals surface area contributed by atoms with Gasteiger partial charge >= 0.3 is 5.97 Å². The van der Waals surface area contributed by atoms with Gasteiger partial charge in [-0.1, -0.05) is 0 Å². The Bertz CT molecular complexity index is 213. The standard InChI is InChI=1S/C8H14N2O2/c1-5-4-7(8(11)12-3)10-6(2)9-5/h4,6-7,9-10H,1-3H3. The number of methoxy groups -OCH3 is 1. The Morgan fingerprint density at radius 3 is 2.83 bits per heavy atom. The lowest BCUT2D eigenvalue weighted by molar-refractivity contribution is -0.142. The largest absolute Gasteiger partial charge is 0.468 e. The van der Waals surface area contributed by atoms with Crippen LogP contribution in [-0.4, -0.2) is 25.3 Å². The fourth-order valence-corrected chi connectivity index (χ4v) is 1.26. The van der Waals surface area contributed by atoms with Gasteiger partial charge in [0.1, 0.15) is 6.04 Å². The van der Waals surface area contributed by atoms with Gasteiger partial charge in [0, 0.05) is 5.70 Å². The summed E-state index contributed by atoms with van der Waals surface area (Å²) < 4.78 is 4.61. The van der Waals surface area contributed by atoms with Crippen molar-refractivity contribution < 1.29 is 9.53 Å². The van der Waals surface area contributed by atoms with Crippen LogP contribution in [0.2, 0.25) is 0 Å². The molecule has 4 heteroatoms. The maximum atomic E-state index is 11.1. The van der Waals surface area contributed by atoms with E-state index in [-0.39, 0.29) is 18.2 Å². The Hall–Kier alpha value is -1.03. The zero-order valence-electron chi connectivity index (χ0n) is 7.55. The highest BCUT2D eigenvalue weighted by molar-refractivity contribution is 5.78. The molecule has 0 saturated heterocycles. The Morgan fingerprint density at radius 1 is 1.67 bits per heavy atom. The van der Waals surface area contributed by atoms with Gasteiger partial charge in [0.2, 0.25) is 0 Å². The van der Waals surface area contributed by atoms with Crippen molar-refractivity contribution in [2.75, 3.05) is 7.11 Å². The van der Waals surface area contributed by atoms with Crippen LogP contribution in [0.3, 0.4) is 0 Å². The minimum atomic E-state index is -0.314. The van der Waals surface area contributed by atoms with Crippen LogP contribution in [0.15, 0.2) is 11.8 Å². The topological polar surface area (TPSA) is 50.4 Å². The van der Waals surface area contributed by atoms with Crippen LogP contribution in [0.1, 0.15) is 13.8 Å². The smallest absolute Gasteiger partial charge is 0.327 e. The molecule has 0 bridgehead atoms. The number of esters is 1. The maximum absolute atomic E-state index is 11.1. The summed E-state index contributed by atoms with van der Waals surface area (Å²) in [7, 11) is 1.39. The van der Waals surface area contributed by atoms with Gasteiger partial charge in [-0.25, -0.2) is 0 Å². The van der Waals surface area contributed by atoms with Crippen LogP contribution < -0.4 is 10.6 Å². The minimum absolute atomic E-state index is 0.110. The summed E-state index contributed by atoms with van der Waals surface area (Å²) in [5, 5.41) is 6.17. The third kappa shape index (κ3) is 1.98. The number of allylic oxidation sites excluding steroid dienone is 1. The Kier molecular flexibility index (Phi) is 2.70. The van der Waals surface area contributed by atoms with Crippen molar-refractivity contribution in [2.24, 2.45) is 0 Å². The molecule has 0 saturated carbocycles. The molecule has 0 radical (unpaired) electrons. The molecule has 1 aliphatic rings. The van der Waals surface area contributed by atoms with E-state index in [1.807, 2.05) is 19.9 Å². The van der Waals surface area contributed by atoms with Crippen LogP contribution in [0, 0.1) is 0 Å². The van der Waals surface area contributed by atoms with E-state index in [4.69, 9.17) is 0 Å². The van der Waals surface area contributed by atoms with Crippen LogP contribution in [0.4, 0.5) is 0 Å². The highest BCUT2D eigenvalue weighted by Crippen LogP contribution is 2.02. The van der Waals surface area contributed by atoms with Gasteiger partial charge in [0.05, 0.1) is 13.3 Å². The first-order valence-electron chi connectivity index (χ1n) is 3.92. The van der Waals surface area contributed by atoms with Crippen molar-refractivity contribution in [1.82, 2.24) is 10.6 Å². The van der Waals surface area contributed by atoms with E-state index in [1.165, 1.54) is 7.11 Å². The number of hydrogen-bond donors (Lipinski definition) is 2. The van der Waals surface area contributed by atoms with Gasteiger partial charge in [0.15, 0.2) is 0 Å². The molecule has 1 rings (SSSR count). The molecule has 1 aliphatic heterocycles. The molecule has 2 N–H and O–H groups in total. The SMILES string of the molecule is COC(=O)C1C=C(C)NC(C)N1. The molecule has 4 nitrogen and oxygen atoms in total. The van der Waals surface area contributed by atoms with Crippen LogP contribution in [0.25, 0.3) is 0 Å². The first kappa shape index (κ1) is 9.06. The molecule has 0 aromatic heterocycles. The van der Waals surface area contributed by atoms with Crippen LogP contribution in [0.5, 0.6) is 0 Å². The molecule has 12 heavy (non-hydrogen) atoms. The summed E-state index contributed by atoms with van der Waals surface area (Å²) in [6.07, 6.45) is 1.92. The fourth-order valence-electron chi connectivity index (χ4n) is 1.26. The summed E-state index contributed by atoms with van der Waals surface area (Å²) in [6, 6.07) is -0.314. The number of carbonyl (C=O) groups is 1.